The first-order valence-electron chi connectivity index (χ1n) is 10.8. The van der Waals surface area contributed by atoms with Crippen molar-refractivity contribution < 1.29 is 49.9 Å². The minimum atomic E-state index is -4.25. The van der Waals surface area contributed by atoms with Gasteiger partial charge in [0.15, 0.2) is 0 Å². The van der Waals surface area contributed by atoms with Gasteiger partial charge in [-0.3, -0.25) is 0 Å². The second kappa shape index (κ2) is 10.6. The average Bonchev–Trinajstić information content (AvgIpc) is 3.11. The van der Waals surface area contributed by atoms with Crippen molar-refractivity contribution in [2.24, 2.45) is 0 Å². The molecule has 14 heteroatoms. The van der Waals surface area contributed by atoms with Gasteiger partial charge in [0.1, 0.15) is 0 Å². The van der Waals surface area contributed by atoms with Crippen LogP contribution in [0.2, 0.25) is 0 Å². The maximum absolute atomic E-state index is 12.9. The van der Waals surface area contributed by atoms with Gasteiger partial charge >= 0.3 is 227 Å². The molecule has 186 valence electrons. The van der Waals surface area contributed by atoms with E-state index in [0.717, 1.165) is 0 Å². The summed E-state index contributed by atoms with van der Waals surface area (Å²) in [7, 11) is 0. The van der Waals surface area contributed by atoms with Gasteiger partial charge < -0.3 is 0 Å². The number of carbonyl (C=O) groups is 6. The van der Waals surface area contributed by atoms with Crippen LogP contribution in [0.4, 0.5) is 0 Å². The molecular weight excluding hydrogens is 620 g/mol. The first kappa shape index (κ1) is 25.4. The molecule has 0 aromatic heterocycles. The molecular formula is C24H12Ga2O12. The number of carbonyl (C=O) groups excluding carboxylic acids is 6. The fraction of sp³-hybridized carbons (Fsp3) is 0. The van der Waals surface area contributed by atoms with E-state index in [4.69, 9.17) is 21.2 Å². The Bertz CT molecular complexity index is 1330. The number of hydrogen-bond donors (Lipinski definition) is 0. The molecule has 38 heavy (non-hydrogen) atoms. The molecule has 0 saturated heterocycles. The second-order valence-corrected chi connectivity index (χ2v) is 13.0. The number of benzene rings is 3. The Morgan fingerprint density at radius 2 is 0.737 bits per heavy atom. The molecule has 3 aromatic carbocycles. The zero-order valence-electron chi connectivity index (χ0n) is 19.0. The van der Waals surface area contributed by atoms with Gasteiger partial charge in [0.25, 0.3) is 0 Å². The van der Waals surface area contributed by atoms with Crippen molar-refractivity contribution in [1.82, 2.24) is 0 Å². The SMILES string of the molecule is O=C([O][Ga]1[O]C(=O)c2ccccc2C(=O)[O]1)c1ccccc1C(=O)[O][Ga]1[O]C(=O)c2ccccc2C(=O)[O]1. The van der Waals surface area contributed by atoms with Crippen molar-refractivity contribution in [3.63, 3.8) is 0 Å². The van der Waals surface area contributed by atoms with Crippen molar-refractivity contribution in [3.8, 4) is 0 Å². The summed E-state index contributed by atoms with van der Waals surface area (Å²) in [6.45, 7) is 0. The van der Waals surface area contributed by atoms with E-state index in [1.165, 1.54) is 72.8 Å². The third-order valence-corrected chi connectivity index (χ3v) is 10.4. The summed E-state index contributed by atoms with van der Waals surface area (Å²) in [5, 5.41) is 0. The molecule has 0 unspecified atom stereocenters. The predicted octanol–water partition coefficient (Wildman–Crippen LogP) is 2.02. The Hall–Kier alpha value is -4.25. The number of fused-ring (bicyclic) bond motifs is 2. The van der Waals surface area contributed by atoms with Gasteiger partial charge in [0.05, 0.1) is 0 Å². The molecule has 0 saturated carbocycles. The van der Waals surface area contributed by atoms with Gasteiger partial charge in [-0.05, 0) is 0 Å². The Labute approximate surface area is 225 Å². The molecule has 0 spiro atoms. The molecule has 0 fully saturated rings. The molecule has 0 amide bonds. The van der Waals surface area contributed by atoms with E-state index >= 15 is 0 Å². The zero-order chi connectivity index (χ0) is 26.8. The van der Waals surface area contributed by atoms with Gasteiger partial charge in [-0.15, -0.1) is 0 Å². The van der Waals surface area contributed by atoms with E-state index in [1.807, 2.05) is 0 Å². The van der Waals surface area contributed by atoms with Crippen molar-refractivity contribution >= 4 is 70.4 Å². The van der Waals surface area contributed by atoms with Crippen LogP contribution in [0, 0.1) is 0 Å². The Balaban J connectivity index is 1.31. The van der Waals surface area contributed by atoms with Crippen molar-refractivity contribution in [2.75, 3.05) is 0 Å². The molecule has 0 N–H and O–H groups in total. The van der Waals surface area contributed by atoms with Crippen LogP contribution in [-0.2, 0) is 21.2 Å². The average molecular weight is 632 g/mol. The van der Waals surface area contributed by atoms with Crippen LogP contribution in [0.25, 0.3) is 0 Å². The monoisotopic (exact) mass is 630 g/mol. The van der Waals surface area contributed by atoms with Crippen LogP contribution in [0.3, 0.4) is 0 Å². The second-order valence-electron chi connectivity index (χ2n) is 7.65. The third kappa shape index (κ3) is 5.10. The van der Waals surface area contributed by atoms with Crippen LogP contribution < -0.4 is 0 Å². The minimum absolute atomic E-state index is 0.0352. The quantitative estimate of drug-likeness (QED) is 0.387. The molecule has 0 atom stereocenters. The summed E-state index contributed by atoms with van der Waals surface area (Å²) in [5.74, 6) is -5.79. The Morgan fingerprint density at radius 3 is 1.03 bits per heavy atom. The fourth-order valence-corrected chi connectivity index (χ4v) is 7.97. The van der Waals surface area contributed by atoms with E-state index in [1.54, 1.807) is 0 Å². The zero-order valence-corrected chi connectivity index (χ0v) is 23.8. The predicted molar refractivity (Wildman–Crippen MR) is 123 cm³/mol. The summed E-state index contributed by atoms with van der Waals surface area (Å²) in [6.07, 6.45) is 0. The molecule has 5 rings (SSSR count). The van der Waals surface area contributed by atoms with E-state index in [-0.39, 0.29) is 33.4 Å². The van der Waals surface area contributed by atoms with E-state index < -0.39 is 70.4 Å². The summed E-state index contributed by atoms with van der Waals surface area (Å²) < 4.78 is 30.9. The van der Waals surface area contributed by atoms with Gasteiger partial charge in [-0.25, -0.2) is 0 Å². The Kier molecular flexibility index (Phi) is 7.10. The van der Waals surface area contributed by atoms with Gasteiger partial charge in [0, 0.05) is 0 Å². The van der Waals surface area contributed by atoms with Crippen molar-refractivity contribution in [1.29, 1.82) is 0 Å². The number of hydrogen-bond acceptors (Lipinski definition) is 12. The standard InChI is InChI=1S/3C8H6O4.2Ga/c3*9-7(10)5-3-1-2-4-6(5)8(11)12;;/h3*1-4H,(H,9,10)(H,11,12);;/q;;;2*+3/p-6. The third-order valence-electron chi connectivity index (χ3n) is 5.32. The van der Waals surface area contributed by atoms with Crippen LogP contribution in [0.1, 0.15) is 62.1 Å². The van der Waals surface area contributed by atoms with Crippen LogP contribution in [-0.4, -0.2) is 70.4 Å². The Morgan fingerprint density at radius 1 is 0.474 bits per heavy atom. The van der Waals surface area contributed by atoms with E-state index in [9.17, 15) is 28.8 Å². The molecule has 0 aliphatic carbocycles. The van der Waals surface area contributed by atoms with E-state index in [0.29, 0.717) is 0 Å². The molecule has 0 bridgehead atoms. The van der Waals surface area contributed by atoms with Crippen molar-refractivity contribution in [3.05, 3.63) is 106 Å². The summed E-state index contributed by atoms with van der Waals surface area (Å²) >= 11 is -8.49. The molecule has 2 heterocycles. The summed E-state index contributed by atoms with van der Waals surface area (Å²) in [4.78, 5) is 75.4. The number of rotatable bonds is 4. The van der Waals surface area contributed by atoms with Crippen LogP contribution >= 0.6 is 0 Å². The van der Waals surface area contributed by atoms with Gasteiger partial charge in [0.2, 0.25) is 0 Å². The van der Waals surface area contributed by atoms with E-state index in [2.05, 4.69) is 0 Å². The first-order chi connectivity index (χ1) is 18.3. The van der Waals surface area contributed by atoms with Gasteiger partial charge in [-0.1, -0.05) is 0 Å². The molecule has 12 nitrogen and oxygen atoms in total. The molecule has 2 aliphatic heterocycles. The molecule has 2 aliphatic rings. The first-order valence-corrected chi connectivity index (χ1v) is 16.8. The topological polar surface area (TPSA) is 158 Å². The van der Waals surface area contributed by atoms with Crippen LogP contribution in [0.15, 0.2) is 72.8 Å². The molecule has 0 radical (unpaired) electrons. The normalized spacial score (nSPS) is 14.4. The summed E-state index contributed by atoms with van der Waals surface area (Å²) in [6, 6.07) is 16.9. The maximum atomic E-state index is 12.9. The van der Waals surface area contributed by atoms with Crippen LogP contribution in [0.5, 0.6) is 0 Å². The molecule has 3 aromatic rings. The van der Waals surface area contributed by atoms with Crippen molar-refractivity contribution in [2.45, 2.75) is 0 Å². The van der Waals surface area contributed by atoms with Gasteiger partial charge in [-0.2, -0.15) is 0 Å². The fourth-order valence-electron chi connectivity index (χ4n) is 3.57. The summed E-state index contributed by atoms with van der Waals surface area (Å²) in [5.41, 5.74) is -0.763.